The number of ketones is 1. The molecule has 6 nitrogen and oxygen atoms in total. The molecule has 0 aliphatic rings. The van der Waals surface area contributed by atoms with Crippen LogP contribution in [0, 0.1) is 0 Å². The van der Waals surface area contributed by atoms with Crippen LogP contribution in [0.5, 0.6) is 0 Å². The maximum Gasteiger partial charge on any atom is 0.339 e. The number of hydrogen-bond acceptors (Lipinski definition) is 6. The molecule has 0 bridgehead atoms. The van der Waals surface area contributed by atoms with Crippen LogP contribution in [-0.2, 0) is 14.3 Å². The minimum Gasteiger partial charge on any atom is -0.467 e. The van der Waals surface area contributed by atoms with Gasteiger partial charge in [-0.15, -0.1) is 11.8 Å². The number of rotatable bonds is 8. The number of carbonyl (C=O) groups is 3. The molecule has 1 amide bonds. The number of esters is 1. The van der Waals surface area contributed by atoms with Crippen molar-refractivity contribution < 1.29 is 23.5 Å². The molecule has 1 N–H and O–H groups in total. The summed E-state index contributed by atoms with van der Waals surface area (Å²) in [6, 6.07) is 9.98. The second-order valence-electron chi connectivity index (χ2n) is 5.37. The fourth-order valence-corrected chi connectivity index (χ4v) is 2.88. The molecule has 132 valence electrons. The van der Waals surface area contributed by atoms with E-state index in [4.69, 9.17) is 9.15 Å². The second kappa shape index (κ2) is 9.08. The minimum absolute atomic E-state index is 0.0134. The third-order valence-electron chi connectivity index (χ3n) is 3.22. The number of thioether (sulfide) groups is 1. The quantitative estimate of drug-likeness (QED) is 0.575. The van der Waals surface area contributed by atoms with E-state index in [1.54, 1.807) is 43.3 Å². The van der Waals surface area contributed by atoms with Crippen LogP contribution in [0.1, 0.15) is 36.0 Å². The van der Waals surface area contributed by atoms with Gasteiger partial charge >= 0.3 is 5.97 Å². The second-order valence-corrected chi connectivity index (χ2v) is 6.38. The highest BCUT2D eigenvalue weighted by molar-refractivity contribution is 8.00. The molecule has 0 saturated heterocycles. The number of hydrogen-bond donors (Lipinski definition) is 1. The van der Waals surface area contributed by atoms with Crippen molar-refractivity contribution in [3.63, 3.8) is 0 Å². The van der Waals surface area contributed by atoms with Gasteiger partial charge in [0.15, 0.2) is 6.61 Å². The highest BCUT2D eigenvalue weighted by Gasteiger charge is 2.17. The highest BCUT2D eigenvalue weighted by Crippen LogP contribution is 2.23. The van der Waals surface area contributed by atoms with E-state index in [1.807, 2.05) is 0 Å². The molecule has 1 aromatic heterocycles. The number of furan rings is 1. The lowest BCUT2D eigenvalue weighted by molar-refractivity contribution is -0.125. The molecule has 1 heterocycles. The maximum absolute atomic E-state index is 12.2. The van der Waals surface area contributed by atoms with Gasteiger partial charge in [0, 0.05) is 4.90 Å². The average molecular weight is 361 g/mol. The monoisotopic (exact) mass is 361 g/mol. The minimum atomic E-state index is -0.604. The number of Topliss-reactive ketones (excluding diaryl/α,β-unsaturated/α-hetero) is 1. The Balaban J connectivity index is 1.89. The third kappa shape index (κ3) is 5.79. The van der Waals surface area contributed by atoms with Crippen LogP contribution < -0.4 is 5.32 Å². The molecule has 7 heteroatoms. The van der Waals surface area contributed by atoms with Crippen molar-refractivity contribution in [1.82, 2.24) is 5.32 Å². The first-order valence-corrected chi connectivity index (χ1v) is 8.67. The molecule has 0 fully saturated rings. The Hall–Kier alpha value is -2.54. The van der Waals surface area contributed by atoms with Gasteiger partial charge in [-0.1, -0.05) is 12.1 Å². The van der Waals surface area contributed by atoms with E-state index in [0.717, 1.165) is 0 Å². The van der Waals surface area contributed by atoms with Gasteiger partial charge in [-0.05, 0) is 38.1 Å². The van der Waals surface area contributed by atoms with Crippen LogP contribution in [0.25, 0.3) is 0 Å². The van der Waals surface area contributed by atoms with E-state index in [0.29, 0.717) is 16.2 Å². The summed E-state index contributed by atoms with van der Waals surface area (Å²) in [5, 5.41) is 2.68. The predicted molar refractivity (Wildman–Crippen MR) is 93.4 cm³/mol. The molecule has 1 atom stereocenters. The summed E-state index contributed by atoms with van der Waals surface area (Å²) in [4.78, 5) is 35.9. The van der Waals surface area contributed by atoms with E-state index < -0.39 is 18.5 Å². The summed E-state index contributed by atoms with van der Waals surface area (Å²) in [6.45, 7) is 2.86. The molecule has 0 radical (unpaired) electrons. The van der Waals surface area contributed by atoms with Gasteiger partial charge in [-0.25, -0.2) is 4.79 Å². The number of ether oxygens (including phenoxy) is 1. The van der Waals surface area contributed by atoms with Crippen molar-refractivity contribution in [1.29, 1.82) is 0 Å². The van der Waals surface area contributed by atoms with Gasteiger partial charge < -0.3 is 14.5 Å². The molecule has 2 rings (SSSR count). The van der Waals surface area contributed by atoms with Crippen molar-refractivity contribution in [2.75, 3.05) is 12.4 Å². The highest BCUT2D eigenvalue weighted by atomic mass is 32.2. The summed E-state index contributed by atoms with van der Waals surface area (Å²) < 4.78 is 10.3. The van der Waals surface area contributed by atoms with Gasteiger partial charge in [0.2, 0.25) is 0 Å². The molecular formula is C18H19NO5S. The summed E-state index contributed by atoms with van der Waals surface area (Å²) in [5.74, 6) is -0.130. The summed E-state index contributed by atoms with van der Waals surface area (Å²) >= 11 is 1.26. The standard InChI is InChI=1S/C18H19NO5S/c1-12(20)11-25-16-8-4-3-6-14(16)18(22)24-10-17(21)19-13(2)15-7-5-9-23-15/h3-9,13H,10-11H2,1-2H3,(H,19,21)/t13-/m1/s1. The number of carbonyl (C=O) groups excluding carboxylic acids is 3. The molecule has 1 aromatic carbocycles. The largest absolute Gasteiger partial charge is 0.467 e. The summed E-state index contributed by atoms with van der Waals surface area (Å²) in [6.07, 6.45) is 1.52. The first-order valence-electron chi connectivity index (χ1n) is 7.68. The first kappa shape index (κ1) is 18.8. The van der Waals surface area contributed by atoms with E-state index in [1.165, 1.54) is 24.9 Å². The van der Waals surface area contributed by atoms with Crippen LogP contribution in [0.4, 0.5) is 0 Å². The Kier molecular flexibility index (Phi) is 6.82. The fraction of sp³-hybridized carbons (Fsp3) is 0.278. The van der Waals surface area contributed by atoms with Crippen molar-refractivity contribution in [3.05, 3.63) is 54.0 Å². The van der Waals surface area contributed by atoms with E-state index in [-0.39, 0.29) is 17.6 Å². The third-order valence-corrected chi connectivity index (χ3v) is 4.44. The number of benzene rings is 1. The lowest BCUT2D eigenvalue weighted by Crippen LogP contribution is -2.31. The van der Waals surface area contributed by atoms with Crippen LogP contribution >= 0.6 is 11.8 Å². The molecule has 0 aliphatic heterocycles. The average Bonchev–Trinajstić information content (AvgIpc) is 3.13. The van der Waals surface area contributed by atoms with Crippen molar-refractivity contribution >= 4 is 29.4 Å². The molecule has 2 aromatic rings. The van der Waals surface area contributed by atoms with E-state index >= 15 is 0 Å². The Morgan fingerprint density at radius 1 is 1.20 bits per heavy atom. The summed E-state index contributed by atoms with van der Waals surface area (Å²) in [5.41, 5.74) is 0.334. The van der Waals surface area contributed by atoms with Crippen molar-refractivity contribution in [2.24, 2.45) is 0 Å². The Morgan fingerprint density at radius 3 is 2.64 bits per heavy atom. The number of amides is 1. The lowest BCUT2D eigenvalue weighted by atomic mass is 10.2. The van der Waals surface area contributed by atoms with E-state index in [9.17, 15) is 14.4 Å². The maximum atomic E-state index is 12.2. The lowest BCUT2D eigenvalue weighted by Gasteiger charge is -2.12. The van der Waals surface area contributed by atoms with Gasteiger partial charge in [0.25, 0.3) is 5.91 Å². The Labute approximate surface area is 149 Å². The van der Waals surface area contributed by atoms with Crippen molar-refractivity contribution in [2.45, 2.75) is 24.8 Å². The topological polar surface area (TPSA) is 85.6 Å². The zero-order chi connectivity index (χ0) is 18.2. The zero-order valence-corrected chi connectivity index (χ0v) is 14.8. The Bertz CT molecular complexity index is 742. The summed E-state index contributed by atoms with van der Waals surface area (Å²) in [7, 11) is 0. The van der Waals surface area contributed by atoms with Gasteiger partial charge in [-0.2, -0.15) is 0 Å². The number of nitrogens with one attached hydrogen (secondary N) is 1. The van der Waals surface area contributed by atoms with Crippen LogP contribution in [0.3, 0.4) is 0 Å². The van der Waals surface area contributed by atoms with Gasteiger partial charge in [-0.3, -0.25) is 9.59 Å². The van der Waals surface area contributed by atoms with E-state index in [2.05, 4.69) is 5.32 Å². The van der Waals surface area contributed by atoms with Crippen LogP contribution in [-0.4, -0.2) is 30.0 Å². The SMILES string of the molecule is CC(=O)CSc1ccccc1C(=O)OCC(=O)N[C@H](C)c1ccco1. The van der Waals surface area contributed by atoms with Crippen LogP contribution in [0.15, 0.2) is 52.0 Å². The molecule has 0 unspecified atom stereocenters. The molecule has 25 heavy (non-hydrogen) atoms. The van der Waals surface area contributed by atoms with Gasteiger partial charge in [0.1, 0.15) is 11.5 Å². The van der Waals surface area contributed by atoms with Crippen LogP contribution in [0.2, 0.25) is 0 Å². The normalized spacial score (nSPS) is 11.6. The molecular weight excluding hydrogens is 342 g/mol. The zero-order valence-electron chi connectivity index (χ0n) is 14.0. The predicted octanol–water partition coefficient (Wildman–Crippen LogP) is 2.99. The molecule has 0 spiro atoms. The smallest absolute Gasteiger partial charge is 0.339 e. The molecule has 0 saturated carbocycles. The van der Waals surface area contributed by atoms with Crippen molar-refractivity contribution in [3.8, 4) is 0 Å². The Morgan fingerprint density at radius 2 is 1.96 bits per heavy atom. The first-order chi connectivity index (χ1) is 12.0. The molecule has 0 aliphatic carbocycles. The van der Waals surface area contributed by atoms with Gasteiger partial charge in [0.05, 0.1) is 23.6 Å². The fourth-order valence-electron chi connectivity index (χ4n) is 2.04.